The van der Waals surface area contributed by atoms with E-state index < -0.39 is 30.3 Å². The molecule has 1 aromatic rings. The number of benzene rings is 1. The van der Waals surface area contributed by atoms with E-state index in [-0.39, 0.29) is 6.42 Å². The second kappa shape index (κ2) is 5.66. The Labute approximate surface area is 101 Å². The van der Waals surface area contributed by atoms with Crippen LogP contribution in [0, 0.1) is 5.92 Å². The van der Waals surface area contributed by atoms with Crippen molar-refractivity contribution in [3.63, 3.8) is 0 Å². The highest BCUT2D eigenvalue weighted by molar-refractivity contribution is 5.87. The molecular weight excluding hydrogens is 249 g/mol. The van der Waals surface area contributed by atoms with Crippen LogP contribution in [-0.2, 0) is 16.0 Å². The van der Waals surface area contributed by atoms with Crippen molar-refractivity contribution in [2.24, 2.45) is 5.92 Å². The SMILES string of the molecule is O=C(O)[C@H](CC(=O)C(F)(F)F)Cc1ccccc1. The normalized spacial score (nSPS) is 13.1. The van der Waals surface area contributed by atoms with Crippen molar-refractivity contribution >= 4 is 11.8 Å². The Morgan fingerprint density at radius 3 is 2.17 bits per heavy atom. The van der Waals surface area contributed by atoms with Gasteiger partial charge in [-0.2, -0.15) is 13.2 Å². The zero-order valence-electron chi connectivity index (χ0n) is 9.28. The number of halogens is 3. The van der Waals surface area contributed by atoms with Gasteiger partial charge in [0.25, 0.3) is 0 Å². The molecule has 0 saturated heterocycles. The molecule has 18 heavy (non-hydrogen) atoms. The highest BCUT2D eigenvalue weighted by Crippen LogP contribution is 2.22. The number of aliphatic carboxylic acids is 1. The number of carbonyl (C=O) groups is 2. The summed E-state index contributed by atoms with van der Waals surface area (Å²) in [6.07, 6.45) is -6.11. The van der Waals surface area contributed by atoms with E-state index in [4.69, 9.17) is 5.11 Å². The van der Waals surface area contributed by atoms with Gasteiger partial charge in [-0.05, 0) is 12.0 Å². The highest BCUT2D eigenvalue weighted by Gasteiger charge is 2.40. The number of carboxylic acids is 1. The predicted octanol–water partition coefficient (Wildman–Crippen LogP) is 2.45. The Balaban J connectivity index is 2.73. The Bertz CT molecular complexity index is 426. The lowest BCUT2D eigenvalue weighted by Gasteiger charge is -2.12. The molecule has 0 bridgehead atoms. The van der Waals surface area contributed by atoms with Gasteiger partial charge in [-0.3, -0.25) is 9.59 Å². The topological polar surface area (TPSA) is 54.4 Å². The van der Waals surface area contributed by atoms with E-state index >= 15 is 0 Å². The molecule has 0 radical (unpaired) electrons. The zero-order valence-corrected chi connectivity index (χ0v) is 9.28. The molecule has 98 valence electrons. The van der Waals surface area contributed by atoms with Crippen LogP contribution >= 0.6 is 0 Å². The molecule has 0 heterocycles. The summed E-state index contributed by atoms with van der Waals surface area (Å²) in [4.78, 5) is 21.6. The summed E-state index contributed by atoms with van der Waals surface area (Å²) >= 11 is 0. The lowest BCUT2D eigenvalue weighted by molar-refractivity contribution is -0.173. The minimum atomic E-state index is -4.98. The van der Waals surface area contributed by atoms with Crippen LogP contribution in [0.15, 0.2) is 30.3 Å². The van der Waals surface area contributed by atoms with Crippen molar-refractivity contribution in [3.8, 4) is 0 Å². The number of carboxylic acid groups (broad SMARTS) is 1. The maximum Gasteiger partial charge on any atom is 0.449 e. The Kier molecular flexibility index (Phi) is 4.47. The summed E-state index contributed by atoms with van der Waals surface area (Å²) in [5.74, 6) is -4.77. The minimum absolute atomic E-state index is 0.0992. The predicted molar refractivity (Wildman–Crippen MR) is 57.0 cm³/mol. The molecule has 3 nitrogen and oxygen atoms in total. The molecule has 6 heteroatoms. The van der Waals surface area contributed by atoms with Crippen molar-refractivity contribution in [1.29, 1.82) is 0 Å². The molecule has 0 saturated carbocycles. The van der Waals surface area contributed by atoms with Gasteiger partial charge in [-0.1, -0.05) is 30.3 Å². The second-order valence-electron chi connectivity index (χ2n) is 3.85. The Morgan fingerprint density at radius 2 is 1.72 bits per heavy atom. The van der Waals surface area contributed by atoms with Crippen LogP contribution in [0.5, 0.6) is 0 Å². The van der Waals surface area contributed by atoms with Gasteiger partial charge in [-0.25, -0.2) is 0 Å². The number of Topliss-reactive ketones (excluding diaryl/α,β-unsaturated/α-hetero) is 1. The first-order valence-corrected chi connectivity index (χ1v) is 5.17. The van der Waals surface area contributed by atoms with Crippen LogP contribution in [0.2, 0.25) is 0 Å². The van der Waals surface area contributed by atoms with E-state index in [2.05, 4.69) is 0 Å². The summed E-state index contributed by atoms with van der Waals surface area (Å²) in [6.45, 7) is 0. The van der Waals surface area contributed by atoms with E-state index in [0.717, 1.165) is 0 Å². The van der Waals surface area contributed by atoms with Crippen LogP contribution in [0.25, 0.3) is 0 Å². The Hall–Kier alpha value is -1.85. The van der Waals surface area contributed by atoms with Gasteiger partial charge in [0.2, 0.25) is 5.78 Å². The quantitative estimate of drug-likeness (QED) is 0.884. The van der Waals surface area contributed by atoms with Crippen LogP contribution in [0.4, 0.5) is 13.2 Å². The van der Waals surface area contributed by atoms with Gasteiger partial charge in [0, 0.05) is 6.42 Å². The minimum Gasteiger partial charge on any atom is -0.481 e. The molecule has 0 amide bonds. The highest BCUT2D eigenvalue weighted by atomic mass is 19.4. The third-order valence-corrected chi connectivity index (χ3v) is 2.42. The molecule has 0 aromatic heterocycles. The van der Waals surface area contributed by atoms with E-state index in [1.807, 2.05) is 0 Å². The maximum atomic E-state index is 12.1. The molecule has 0 fully saturated rings. The molecule has 0 aliphatic rings. The van der Waals surface area contributed by atoms with Crippen LogP contribution in [-0.4, -0.2) is 23.0 Å². The number of hydrogen-bond acceptors (Lipinski definition) is 2. The second-order valence-corrected chi connectivity index (χ2v) is 3.85. The summed E-state index contributed by atoms with van der Waals surface area (Å²) in [7, 11) is 0. The zero-order chi connectivity index (χ0) is 13.8. The first-order chi connectivity index (χ1) is 8.30. The standard InChI is InChI=1S/C12H11F3O3/c13-12(14,15)10(16)7-9(11(17)18)6-8-4-2-1-3-5-8/h1-5,9H,6-7H2,(H,17,18)/t9-/m0/s1. The largest absolute Gasteiger partial charge is 0.481 e. The summed E-state index contributed by atoms with van der Waals surface area (Å²) in [5.41, 5.74) is 0.583. The van der Waals surface area contributed by atoms with Crippen molar-refractivity contribution in [2.75, 3.05) is 0 Å². The fraction of sp³-hybridized carbons (Fsp3) is 0.333. The van der Waals surface area contributed by atoms with Crippen LogP contribution < -0.4 is 0 Å². The average molecular weight is 260 g/mol. The third kappa shape index (κ3) is 4.20. The van der Waals surface area contributed by atoms with E-state index in [1.165, 1.54) is 0 Å². The van der Waals surface area contributed by atoms with E-state index in [0.29, 0.717) is 5.56 Å². The first-order valence-electron chi connectivity index (χ1n) is 5.17. The molecule has 1 N–H and O–H groups in total. The molecular formula is C12H11F3O3. The van der Waals surface area contributed by atoms with Gasteiger partial charge in [0.05, 0.1) is 5.92 Å². The fourth-order valence-corrected chi connectivity index (χ4v) is 1.48. The van der Waals surface area contributed by atoms with Crippen molar-refractivity contribution in [3.05, 3.63) is 35.9 Å². The number of rotatable bonds is 5. The molecule has 0 aliphatic heterocycles. The van der Waals surface area contributed by atoms with Crippen LogP contribution in [0.3, 0.4) is 0 Å². The van der Waals surface area contributed by atoms with Crippen molar-refractivity contribution in [2.45, 2.75) is 19.0 Å². The smallest absolute Gasteiger partial charge is 0.449 e. The number of alkyl halides is 3. The third-order valence-electron chi connectivity index (χ3n) is 2.42. The molecule has 0 unspecified atom stereocenters. The lowest BCUT2D eigenvalue weighted by Crippen LogP contribution is -2.29. The monoisotopic (exact) mass is 260 g/mol. The molecule has 1 rings (SSSR count). The number of carbonyl (C=O) groups excluding carboxylic acids is 1. The molecule has 0 spiro atoms. The number of hydrogen-bond donors (Lipinski definition) is 1. The van der Waals surface area contributed by atoms with Gasteiger partial charge in [0.1, 0.15) is 0 Å². The fourth-order valence-electron chi connectivity index (χ4n) is 1.48. The van der Waals surface area contributed by atoms with Crippen LogP contribution in [0.1, 0.15) is 12.0 Å². The summed E-state index contributed by atoms with van der Waals surface area (Å²) in [5, 5.41) is 8.83. The van der Waals surface area contributed by atoms with E-state index in [1.54, 1.807) is 30.3 Å². The molecule has 1 atom stereocenters. The first kappa shape index (κ1) is 14.2. The number of ketones is 1. The average Bonchev–Trinajstić information content (AvgIpc) is 2.28. The lowest BCUT2D eigenvalue weighted by atomic mass is 9.94. The van der Waals surface area contributed by atoms with Gasteiger partial charge in [0.15, 0.2) is 0 Å². The Morgan fingerprint density at radius 1 is 1.17 bits per heavy atom. The maximum absolute atomic E-state index is 12.1. The van der Waals surface area contributed by atoms with Gasteiger partial charge in [-0.15, -0.1) is 0 Å². The van der Waals surface area contributed by atoms with Gasteiger partial charge < -0.3 is 5.11 Å². The molecule has 0 aliphatic carbocycles. The van der Waals surface area contributed by atoms with E-state index in [9.17, 15) is 22.8 Å². The van der Waals surface area contributed by atoms with Crippen molar-refractivity contribution < 1.29 is 27.9 Å². The van der Waals surface area contributed by atoms with Gasteiger partial charge >= 0.3 is 12.1 Å². The summed E-state index contributed by atoms with van der Waals surface area (Å²) in [6, 6.07) is 8.22. The van der Waals surface area contributed by atoms with Crippen molar-refractivity contribution in [1.82, 2.24) is 0 Å². The summed E-state index contributed by atoms with van der Waals surface area (Å²) < 4.78 is 36.2. The molecule has 1 aromatic carbocycles.